The predicted molar refractivity (Wildman–Crippen MR) is 74.6 cm³/mol. The second kappa shape index (κ2) is 5.22. The molecule has 100 valence electrons. The Bertz CT molecular complexity index is 579. The molecule has 3 heterocycles. The summed E-state index contributed by atoms with van der Waals surface area (Å²) in [6, 6.07) is 0. The molecule has 1 aliphatic heterocycles. The molecule has 0 saturated carbocycles. The molecule has 2 aromatic heterocycles. The van der Waals surface area contributed by atoms with Gasteiger partial charge in [-0.2, -0.15) is 0 Å². The van der Waals surface area contributed by atoms with Crippen LogP contribution >= 0.6 is 11.3 Å². The van der Waals surface area contributed by atoms with Gasteiger partial charge in [-0.25, -0.2) is 15.0 Å². The van der Waals surface area contributed by atoms with Gasteiger partial charge in [-0.15, -0.1) is 11.3 Å². The van der Waals surface area contributed by atoms with E-state index in [0.29, 0.717) is 13.0 Å². The fraction of sp³-hybridized carbons (Fsp3) is 0.462. The molecule has 0 bridgehead atoms. The van der Waals surface area contributed by atoms with E-state index in [4.69, 9.17) is 4.74 Å². The van der Waals surface area contributed by atoms with E-state index in [1.807, 2.05) is 14.0 Å². The molecule has 2 aromatic rings. The van der Waals surface area contributed by atoms with Crippen LogP contribution in [0.1, 0.15) is 27.8 Å². The minimum atomic E-state index is 0.599. The van der Waals surface area contributed by atoms with E-state index in [0.717, 1.165) is 46.6 Å². The summed E-state index contributed by atoms with van der Waals surface area (Å²) in [4.78, 5) is 13.7. The average molecular weight is 276 g/mol. The zero-order chi connectivity index (χ0) is 13.2. The standard InChI is InChI=1S/C13H16N4OS/c1-8-7-19-12(15-8)5-11-16-10-3-4-18-6-9(10)13(14-2)17-11/h7H,3-6H2,1-2H3,(H,14,16,17). The van der Waals surface area contributed by atoms with Crippen molar-refractivity contribution in [1.29, 1.82) is 0 Å². The molecular weight excluding hydrogens is 260 g/mol. The third-order valence-electron chi connectivity index (χ3n) is 3.08. The SMILES string of the molecule is CNc1nc(Cc2nc(C)cs2)nc2c1COCC2. The molecule has 0 saturated heterocycles. The van der Waals surface area contributed by atoms with E-state index < -0.39 is 0 Å². The Balaban J connectivity index is 1.93. The van der Waals surface area contributed by atoms with Crippen LogP contribution in [0.5, 0.6) is 0 Å². The maximum atomic E-state index is 5.47. The van der Waals surface area contributed by atoms with Gasteiger partial charge < -0.3 is 10.1 Å². The van der Waals surface area contributed by atoms with Crippen molar-refractivity contribution < 1.29 is 4.74 Å². The molecule has 0 aromatic carbocycles. The largest absolute Gasteiger partial charge is 0.376 e. The van der Waals surface area contributed by atoms with Gasteiger partial charge in [0.05, 0.1) is 25.3 Å². The first-order chi connectivity index (χ1) is 9.26. The van der Waals surface area contributed by atoms with Crippen molar-refractivity contribution in [3.8, 4) is 0 Å². The maximum Gasteiger partial charge on any atom is 0.137 e. The van der Waals surface area contributed by atoms with Crippen molar-refractivity contribution >= 4 is 17.2 Å². The number of anilines is 1. The molecule has 0 atom stereocenters. The molecule has 3 rings (SSSR count). The van der Waals surface area contributed by atoms with Crippen molar-refractivity contribution in [3.63, 3.8) is 0 Å². The lowest BCUT2D eigenvalue weighted by Crippen LogP contribution is -2.17. The highest BCUT2D eigenvalue weighted by molar-refractivity contribution is 7.09. The molecule has 5 nitrogen and oxygen atoms in total. The van der Waals surface area contributed by atoms with Gasteiger partial charge in [0.15, 0.2) is 0 Å². The molecule has 0 radical (unpaired) electrons. The fourth-order valence-electron chi connectivity index (χ4n) is 2.19. The lowest BCUT2D eigenvalue weighted by Gasteiger charge is -2.19. The van der Waals surface area contributed by atoms with Gasteiger partial charge in [0, 0.05) is 30.1 Å². The number of aromatic nitrogens is 3. The van der Waals surface area contributed by atoms with E-state index in [-0.39, 0.29) is 0 Å². The van der Waals surface area contributed by atoms with Gasteiger partial charge in [0.2, 0.25) is 0 Å². The van der Waals surface area contributed by atoms with E-state index in [1.54, 1.807) is 11.3 Å². The summed E-state index contributed by atoms with van der Waals surface area (Å²) in [6.45, 7) is 3.34. The molecule has 1 aliphatic rings. The van der Waals surface area contributed by atoms with Crippen molar-refractivity contribution in [3.05, 3.63) is 33.2 Å². The van der Waals surface area contributed by atoms with Gasteiger partial charge in [-0.05, 0) is 6.92 Å². The summed E-state index contributed by atoms with van der Waals surface area (Å²) >= 11 is 1.66. The smallest absolute Gasteiger partial charge is 0.137 e. The minimum absolute atomic E-state index is 0.599. The van der Waals surface area contributed by atoms with Crippen LogP contribution in [0.3, 0.4) is 0 Å². The molecule has 0 aliphatic carbocycles. The summed E-state index contributed by atoms with van der Waals surface area (Å²) in [6.07, 6.45) is 1.55. The molecule has 0 amide bonds. The van der Waals surface area contributed by atoms with Crippen molar-refractivity contribution in [2.24, 2.45) is 0 Å². The molecule has 0 fully saturated rings. The monoisotopic (exact) mass is 276 g/mol. The number of thiazole rings is 1. The number of hydrogen-bond donors (Lipinski definition) is 1. The first kappa shape index (κ1) is 12.5. The summed E-state index contributed by atoms with van der Waals surface area (Å²) in [5.41, 5.74) is 3.25. The van der Waals surface area contributed by atoms with E-state index in [2.05, 4.69) is 25.6 Å². The van der Waals surface area contributed by atoms with Crippen molar-refractivity contribution in [2.45, 2.75) is 26.4 Å². The summed E-state index contributed by atoms with van der Waals surface area (Å²) < 4.78 is 5.47. The Hall–Kier alpha value is -1.53. The molecule has 0 unspecified atom stereocenters. The molecule has 0 spiro atoms. The first-order valence-electron chi connectivity index (χ1n) is 6.31. The maximum absolute atomic E-state index is 5.47. The van der Waals surface area contributed by atoms with E-state index in [1.165, 1.54) is 0 Å². The second-order valence-corrected chi connectivity index (χ2v) is 5.47. The topological polar surface area (TPSA) is 59.9 Å². The van der Waals surface area contributed by atoms with E-state index >= 15 is 0 Å². The van der Waals surface area contributed by atoms with Crippen LogP contribution in [0.25, 0.3) is 0 Å². The molecule has 6 heteroatoms. The fourth-order valence-corrected chi connectivity index (χ4v) is 2.96. The normalized spacial score (nSPS) is 14.2. The van der Waals surface area contributed by atoms with Crippen LogP contribution in [-0.2, 0) is 24.2 Å². The zero-order valence-electron chi connectivity index (χ0n) is 11.1. The van der Waals surface area contributed by atoms with Gasteiger partial charge in [-0.3, -0.25) is 0 Å². The van der Waals surface area contributed by atoms with Gasteiger partial charge in [0.25, 0.3) is 0 Å². The van der Waals surface area contributed by atoms with E-state index in [9.17, 15) is 0 Å². The number of fused-ring (bicyclic) bond motifs is 1. The van der Waals surface area contributed by atoms with Crippen LogP contribution in [0, 0.1) is 6.92 Å². The third kappa shape index (κ3) is 2.59. The molecular formula is C13H16N4OS. The number of hydrogen-bond acceptors (Lipinski definition) is 6. The van der Waals surface area contributed by atoms with Crippen molar-refractivity contribution in [1.82, 2.24) is 15.0 Å². The van der Waals surface area contributed by atoms with Crippen LogP contribution in [0.2, 0.25) is 0 Å². The van der Waals surface area contributed by atoms with Gasteiger partial charge in [-0.1, -0.05) is 0 Å². The molecule has 19 heavy (non-hydrogen) atoms. The number of aryl methyl sites for hydroxylation is 1. The minimum Gasteiger partial charge on any atom is -0.376 e. The summed E-state index contributed by atoms with van der Waals surface area (Å²) in [5.74, 6) is 1.72. The predicted octanol–water partition coefficient (Wildman–Crippen LogP) is 1.95. The number of nitrogens with one attached hydrogen (secondary N) is 1. The third-order valence-corrected chi connectivity index (χ3v) is 4.05. The highest BCUT2D eigenvalue weighted by atomic mass is 32.1. The number of nitrogens with zero attached hydrogens (tertiary/aromatic N) is 3. The first-order valence-corrected chi connectivity index (χ1v) is 7.19. The Morgan fingerprint density at radius 1 is 1.37 bits per heavy atom. The number of rotatable bonds is 3. The van der Waals surface area contributed by atoms with Crippen LogP contribution < -0.4 is 5.32 Å². The second-order valence-electron chi connectivity index (χ2n) is 4.53. The van der Waals surface area contributed by atoms with Crippen molar-refractivity contribution in [2.75, 3.05) is 19.0 Å². The van der Waals surface area contributed by atoms with Crippen LogP contribution in [0.15, 0.2) is 5.38 Å². The highest BCUT2D eigenvalue weighted by Gasteiger charge is 2.18. The summed E-state index contributed by atoms with van der Waals surface area (Å²) in [5, 5.41) is 6.26. The number of ether oxygens (including phenoxy) is 1. The van der Waals surface area contributed by atoms with Gasteiger partial charge in [0.1, 0.15) is 16.6 Å². The Labute approximate surface area is 116 Å². The zero-order valence-corrected chi connectivity index (χ0v) is 11.9. The quantitative estimate of drug-likeness (QED) is 0.928. The molecule has 1 N–H and O–H groups in total. The van der Waals surface area contributed by atoms with Crippen LogP contribution in [-0.4, -0.2) is 28.6 Å². The van der Waals surface area contributed by atoms with Gasteiger partial charge >= 0.3 is 0 Å². The van der Waals surface area contributed by atoms with Crippen LogP contribution in [0.4, 0.5) is 5.82 Å². The lowest BCUT2D eigenvalue weighted by atomic mass is 10.1. The average Bonchev–Trinajstić information content (AvgIpc) is 2.83. The summed E-state index contributed by atoms with van der Waals surface area (Å²) in [7, 11) is 1.88. The lowest BCUT2D eigenvalue weighted by molar-refractivity contribution is 0.109. The Morgan fingerprint density at radius 2 is 2.26 bits per heavy atom. The Morgan fingerprint density at radius 3 is 3.00 bits per heavy atom. The highest BCUT2D eigenvalue weighted by Crippen LogP contribution is 2.23. The Kier molecular flexibility index (Phi) is 3.44.